The van der Waals surface area contributed by atoms with Crippen molar-refractivity contribution in [2.24, 2.45) is 0 Å². The molecule has 0 radical (unpaired) electrons. The zero-order valence-corrected chi connectivity index (χ0v) is 17.4. The largest absolute Gasteiger partial charge is 0.459 e. The van der Waals surface area contributed by atoms with Gasteiger partial charge in [0.15, 0.2) is 0 Å². The number of allylic oxidation sites excluding steroid dienone is 1. The van der Waals surface area contributed by atoms with Crippen LogP contribution in [0.1, 0.15) is 68.1 Å². The predicted octanol–water partition coefficient (Wildman–Crippen LogP) is 3.08. The Morgan fingerprint density at radius 3 is 2.72 bits per heavy atom. The van der Waals surface area contributed by atoms with Crippen LogP contribution in [-0.2, 0) is 16.1 Å². The number of nitrogens with one attached hydrogen (secondary N) is 2. The van der Waals surface area contributed by atoms with Crippen molar-refractivity contribution < 1.29 is 23.1 Å². The first-order valence-electron chi connectivity index (χ1n) is 10.1. The van der Waals surface area contributed by atoms with E-state index >= 15 is 0 Å². The van der Waals surface area contributed by atoms with Gasteiger partial charge in [0.2, 0.25) is 0 Å². The summed E-state index contributed by atoms with van der Waals surface area (Å²) in [5.41, 5.74) is 2.65. The molecule has 1 aliphatic carbocycles. The molecule has 8 heteroatoms. The molecule has 1 aromatic rings. The molecule has 29 heavy (non-hydrogen) atoms. The number of carbonyl (C=O) groups excluding carboxylic acids is 2. The van der Waals surface area contributed by atoms with Crippen LogP contribution in [0.5, 0.6) is 0 Å². The average Bonchev–Trinajstić information content (AvgIpc) is 2.90. The smallest absolute Gasteiger partial charge is 0.325 e. The highest BCUT2D eigenvalue weighted by atomic mass is 19.3. The molecular weight excluding hydrogens is 380 g/mol. The minimum absolute atomic E-state index is 0.139. The monoisotopic (exact) mass is 409 g/mol. The fourth-order valence-corrected chi connectivity index (χ4v) is 3.98. The lowest BCUT2D eigenvalue weighted by Gasteiger charge is -2.24. The number of aromatic nitrogens is 1. The van der Waals surface area contributed by atoms with Crippen molar-refractivity contribution in [3.8, 4) is 0 Å². The number of alkyl halides is 2. The van der Waals surface area contributed by atoms with E-state index in [1.54, 1.807) is 6.20 Å². The van der Waals surface area contributed by atoms with Crippen LogP contribution in [0, 0.1) is 0 Å². The lowest BCUT2D eigenvalue weighted by molar-refractivity contribution is -0.157. The molecule has 0 aromatic carbocycles. The SMILES string of the molecule is CCC1CC=C2CNC(C(=O)OC(C)(C)C)Cn3cc(C(=O)NCC(F)F)c1c32. The molecule has 2 heterocycles. The fourth-order valence-electron chi connectivity index (χ4n) is 3.98. The van der Waals surface area contributed by atoms with Crippen LogP contribution in [-0.4, -0.2) is 47.6 Å². The Balaban J connectivity index is 1.96. The van der Waals surface area contributed by atoms with Gasteiger partial charge < -0.3 is 14.6 Å². The number of rotatable bonds is 5. The van der Waals surface area contributed by atoms with E-state index in [4.69, 9.17) is 4.74 Å². The molecule has 3 rings (SSSR count). The lowest BCUT2D eigenvalue weighted by atomic mass is 9.83. The van der Waals surface area contributed by atoms with Crippen LogP contribution in [0.2, 0.25) is 0 Å². The Kier molecular flexibility index (Phi) is 6.12. The van der Waals surface area contributed by atoms with Crippen LogP contribution in [0.25, 0.3) is 5.57 Å². The molecular formula is C21H29F2N3O3. The van der Waals surface area contributed by atoms with Crippen molar-refractivity contribution in [3.63, 3.8) is 0 Å². The van der Waals surface area contributed by atoms with Crippen molar-refractivity contribution >= 4 is 17.4 Å². The molecule has 2 unspecified atom stereocenters. The Hall–Kier alpha value is -2.22. The fraction of sp³-hybridized carbons (Fsp3) is 0.619. The third kappa shape index (κ3) is 4.69. The van der Waals surface area contributed by atoms with Gasteiger partial charge in [-0.2, -0.15) is 0 Å². The first-order chi connectivity index (χ1) is 13.6. The normalized spacial score (nSPS) is 21.3. The number of esters is 1. The predicted molar refractivity (Wildman–Crippen MR) is 106 cm³/mol. The van der Waals surface area contributed by atoms with Crippen LogP contribution in [0.3, 0.4) is 0 Å². The molecule has 0 fully saturated rings. The second-order valence-electron chi connectivity index (χ2n) is 8.60. The van der Waals surface area contributed by atoms with Crippen LogP contribution in [0.4, 0.5) is 8.78 Å². The highest BCUT2D eigenvalue weighted by Crippen LogP contribution is 2.40. The average molecular weight is 409 g/mol. The molecule has 2 aliphatic rings. The molecule has 0 spiro atoms. The number of halogens is 2. The third-order valence-corrected chi connectivity index (χ3v) is 5.24. The number of ether oxygens (including phenoxy) is 1. The van der Waals surface area contributed by atoms with E-state index in [0.29, 0.717) is 18.7 Å². The highest BCUT2D eigenvalue weighted by molar-refractivity contribution is 5.98. The molecule has 1 aliphatic heterocycles. The molecule has 0 saturated carbocycles. The summed E-state index contributed by atoms with van der Waals surface area (Å²) in [6, 6.07) is -0.561. The van der Waals surface area contributed by atoms with Gasteiger partial charge in [-0.1, -0.05) is 13.0 Å². The first-order valence-corrected chi connectivity index (χ1v) is 10.1. The van der Waals surface area contributed by atoms with Gasteiger partial charge in [-0.3, -0.25) is 14.9 Å². The first kappa shape index (κ1) is 21.5. The van der Waals surface area contributed by atoms with Gasteiger partial charge in [0.05, 0.1) is 12.1 Å². The van der Waals surface area contributed by atoms with E-state index in [1.165, 1.54) is 0 Å². The summed E-state index contributed by atoms with van der Waals surface area (Å²) in [5, 5.41) is 5.57. The van der Waals surface area contributed by atoms with Gasteiger partial charge in [-0.15, -0.1) is 0 Å². The van der Waals surface area contributed by atoms with Crippen LogP contribution in [0.15, 0.2) is 12.3 Å². The van der Waals surface area contributed by atoms with Gasteiger partial charge in [0, 0.05) is 25.0 Å². The number of amides is 1. The second-order valence-corrected chi connectivity index (χ2v) is 8.60. The molecule has 0 bridgehead atoms. The molecule has 6 nitrogen and oxygen atoms in total. The standard InChI is InChI=1S/C21H29F2N3O3/c1-5-12-6-7-13-8-24-15(20(28)29-21(2,3)4)11-26-10-14(17(12)18(13)26)19(27)25-9-16(22)23/h7,10,12,15-16,24H,5-6,8-9,11H2,1-4H3,(H,25,27). The molecule has 1 aromatic heterocycles. The molecule has 2 atom stereocenters. The van der Waals surface area contributed by atoms with Gasteiger partial charge in [-0.25, -0.2) is 8.78 Å². The summed E-state index contributed by atoms with van der Waals surface area (Å²) in [7, 11) is 0. The van der Waals surface area contributed by atoms with Gasteiger partial charge >= 0.3 is 5.97 Å². The number of hydrogen-bond donors (Lipinski definition) is 2. The van der Waals surface area contributed by atoms with Crippen LogP contribution >= 0.6 is 0 Å². The number of carbonyl (C=O) groups is 2. The summed E-state index contributed by atoms with van der Waals surface area (Å²) >= 11 is 0. The van der Waals surface area contributed by atoms with Gasteiger partial charge in [0.1, 0.15) is 11.6 Å². The summed E-state index contributed by atoms with van der Waals surface area (Å²) in [6.45, 7) is 7.61. The van der Waals surface area contributed by atoms with Crippen molar-refractivity contribution in [3.05, 3.63) is 29.1 Å². The van der Waals surface area contributed by atoms with E-state index in [1.807, 2.05) is 32.3 Å². The molecule has 0 saturated heterocycles. The molecule has 1 amide bonds. The number of hydrogen-bond acceptors (Lipinski definition) is 4. The summed E-state index contributed by atoms with van der Waals surface area (Å²) in [5.74, 6) is -0.710. The number of nitrogens with zero attached hydrogens (tertiary/aromatic N) is 1. The quantitative estimate of drug-likeness (QED) is 0.733. The van der Waals surface area contributed by atoms with E-state index in [2.05, 4.69) is 16.7 Å². The van der Waals surface area contributed by atoms with Crippen molar-refractivity contribution in [1.29, 1.82) is 0 Å². The lowest BCUT2D eigenvalue weighted by Crippen LogP contribution is -2.43. The van der Waals surface area contributed by atoms with Crippen molar-refractivity contribution in [2.75, 3.05) is 13.1 Å². The topological polar surface area (TPSA) is 72.4 Å². The van der Waals surface area contributed by atoms with E-state index in [0.717, 1.165) is 29.7 Å². The van der Waals surface area contributed by atoms with Crippen molar-refractivity contribution in [1.82, 2.24) is 15.2 Å². The maximum absolute atomic E-state index is 12.6. The third-order valence-electron chi connectivity index (χ3n) is 5.24. The maximum atomic E-state index is 12.6. The van der Waals surface area contributed by atoms with E-state index < -0.39 is 30.5 Å². The van der Waals surface area contributed by atoms with Gasteiger partial charge in [0.25, 0.3) is 12.3 Å². The summed E-state index contributed by atoms with van der Waals surface area (Å²) < 4.78 is 32.6. The second kappa shape index (κ2) is 8.26. The van der Waals surface area contributed by atoms with Crippen molar-refractivity contribution in [2.45, 2.75) is 71.1 Å². The minimum atomic E-state index is -2.60. The zero-order valence-electron chi connectivity index (χ0n) is 17.4. The maximum Gasteiger partial charge on any atom is 0.325 e. The Morgan fingerprint density at radius 1 is 1.38 bits per heavy atom. The zero-order chi connectivity index (χ0) is 21.3. The van der Waals surface area contributed by atoms with Gasteiger partial charge in [-0.05, 0) is 50.7 Å². The highest BCUT2D eigenvalue weighted by Gasteiger charge is 2.35. The molecule has 160 valence electrons. The minimum Gasteiger partial charge on any atom is -0.459 e. The Labute approximate surface area is 169 Å². The van der Waals surface area contributed by atoms with E-state index in [-0.39, 0.29) is 11.9 Å². The van der Waals surface area contributed by atoms with Crippen LogP contribution < -0.4 is 10.6 Å². The Morgan fingerprint density at radius 2 is 2.10 bits per heavy atom. The summed E-state index contributed by atoms with van der Waals surface area (Å²) in [6.07, 6.45) is 2.83. The van der Waals surface area contributed by atoms with E-state index in [9.17, 15) is 18.4 Å². The molecule has 2 N–H and O–H groups in total. The summed E-state index contributed by atoms with van der Waals surface area (Å²) in [4.78, 5) is 25.3. The Bertz CT molecular complexity index is 824.